The van der Waals surface area contributed by atoms with E-state index in [1.165, 1.54) is 5.56 Å². The number of para-hydroxylation sites is 1. The molecule has 0 saturated heterocycles. The molecule has 1 aromatic rings. The standard InChI is InChI=1S/C12H16O2S/c1-15-12(6-8-13)7-9-14-11-5-3-2-4-10(11)12/h2-5,13H,6-9H2,1H3. The number of thioether (sulfide) groups is 1. The van der Waals surface area contributed by atoms with E-state index in [1.807, 2.05) is 30.0 Å². The lowest BCUT2D eigenvalue weighted by Gasteiger charge is -2.37. The molecular weight excluding hydrogens is 208 g/mol. The lowest BCUT2D eigenvalue weighted by atomic mass is 9.89. The minimum absolute atomic E-state index is 0.0452. The van der Waals surface area contributed by atoms with Crippen molar-refractivity contribution in [3.05, 3.63) is 29.8 Å². The number of rotatable bonds is 3. The summed E-state index contributed by atoms with van der Waals surface area (Å²) in [5.74, 6) is 0.978. The van der Waals surface area contributed by atoms with Gasteiger partial charge in [-0.15, -0.1) is 0 Å². The molecule has 0 spiro atoms. The zero-order chi connectivity index (χ0) is 10.7. The number of ether oxygens (including phenoxy) is 1. The fourth-order valence-electron chi connectivity index (χ4n) is 2.18. The van der Waals surface area contributed by atoms with Crippen LogP contribution in [0.15, 0.2) is 24.3 Å². The Bertz CT molecular complexity index is 340. The van der Waals surface area contributed by atoms with Gasteiger partial charge in [-0.3, -0.25) is 0 Å². The maximum Gasteiger partial charge on any atom is 0.123 e. The second kappa shape index (κ2) is 4.45. The first-order valence-electron chi connectivity index (χ1n) is 5.21. The summed E-state index contributed by atoms with van der Waals surface area (Å²) < 4.78 is 5.68. The molecule has 0 bridgehead atoms. The summed E-state index contributed by atoms with van der Waals surface area (Å²) in [5, 5.41) is 9.19. The van der Waals surface area contributed by atoms with Crippen molar-refractivity contribution in [2.45, 2.75) is 17.6 Å². The quantitative estimate of drug-likeness (QED) is 0.855. The second-order valence-corrected chi connectivity index (χ2v) is 4.96. The summed E-state index contributed by atoms with van der Waals surface area (Å²) in [4.78, 5) is 0. The molecule has 0 amide bonds. The second-order valence-electron chi connectivity index (χ2n) is 3.77. The van der Waals surface area contributed by atoms with Crippen molar-refractivity contribution >= 4 is 11.8 Å². The molecule has 0 saturated carbocycles. The van der Waals surface area contributed by atoms with Gasteiger partial charge < -0.3 is 9.84 Å². The number of fused-ring (bicyclic) bond motifs is 1. The van der Waals surface area contributed by atoms with Crippen molar-refractivity contribution < 1.29 is 9.84 Å². The van der Waals surface area contributed by atoms with Gasteiger partial charge in [-0.25, -0.2) is 0 Å². The molecule has 2 rings (SSSR count). The van der Waals surface area contributed by atoms with Crippen LogP contribution in [-0.2, 0) is 4.75 Å². The van der Waals surface area contributed by atoms with Gasteiger partial charge in [0.25, 0.3) is 0 Å². The fourth-order valence-corrected chi connectivity index (χ4v) is 3.16. The fraction of sp³-hybridized carbons (Fsp3) is 0.500. The van der Waals surface area contributed by atoms with Crippen molar-refractivity contribution in [2.24, 2.45) is 0 Å². The molecule has 0 fully saturated rings. The van der Waals surface area contributed by atoms with Gasteiger partial charge in [0, 0.05) is 23.3 Å². The maximum atomic E-state index is 9.19. The third-order valence-electron chi connectivity index (χ3n) is 3.05. The predicted molar refractivity (Wildman–Crippen MR) is 63.4 cm³/mol. The summed E-state index contributed by atoms with van der Waals surface area (Å²) in [6.07, 6.45) is 3.89. The first-order chi connectivity index (χ1) is 7.32. The molecule has 1 aliphatic rings. The van der Waals surface area contributed by atoms with Gasteiger partial charge in [-0.05, 0) is 18.7 Å². The van der Waals surface area contributed by atoms with Crippen LogP contribution in [-0.4, -0.2) is 24.6 Å². The van der Waals surface area contributed by atoms with Crippen molar-refractivity contribution in [1.82, 2.24) is 0 Å². The molecule has 0 aliphatic carbocycles. The molecule has 2 nitrogen and oxygen atoms in total. The van der Waals surface area contributed by atoms with Crippen LogP contribution in [0.4, 0.5) is 0 Å². The summed E-state index contributed by atoms with van der Waals surface area (Å²) in [6.45, 7) is 0.979. The van der Waals surface area contributed by atoms with E-state index in [2.05, 4.69) is 12.3 Å². The smallest absolute Gasteiger partial charge is 0.123 e. The Balaban J connectivity index is 2.42. The van der Waals surface area contributed by atoms with Gasteiger partial charge in [0.05, 0.1) is 6.61 Å². The highest BCUT2D eigenvalue weighted by Gasteiger charge is 2.36. The van der Waals surface area contributed by atoms with Crippen LogP contribution in [0.3, 0.4) is 0 Å². The molecule has 82 valence electrons. The Morgan fingerprint density at radius 2 is 2.27 bits per heavy atom. The van der Waals surface area contributed by atoms with Gasteiger partial charge in [0.1, 0.15) is 5.75 Å². The van der Waals surface area contributed by atoms with Gasteiger partial charge in [-0.2, -0.15) is 11.8 Å². The molecular formula is C12H16O2S. The highest BCUT2D eigenvalue weighted by molar-refractivity contribution is 7.99. The molecule has 0 aromatic heterocycles. The minimum atomic E-state index is 0.0452. The summed E-state index contributed by atoms with van der Waals surface area (Å²) in [5.41, 5.74) is 1.23. The molecule has 0 radical (unpaired) electrons. The lowest BCUT2D eigenvalue weighted by Crippen LogP contribution is -2.30. The Morgan fingerprint density at radius 3 is 3.00 bits per heavy atom. The van der Waals surface area contributed by atoms with E-state index in [4.69, 9.17) is 4.74 Å². The van der Waals surface area contributed by atoms with E-state index in [1.54, 1.807) is 0 Å². The first kappa shape index (κ1) is 10.8. The number of hydrogen-bond acceptors (Lipinski definition) is 3. The lowest BCUT2D eigenvalue weighted by molar-refractivity contribution is 0.217. The van der Waals surface area contributed by atoms with Crippen molar-refractivity contribution in [1.29, 1.82) is 0 Å². The molecule has 1 aromatic carbocycles. The number of aliphatic hydroxyl groups excluding tert-OH is 1. The van der Waals surface area contributed by atoms with E-state index in [0.29, 0.717) is 0 Å². The topological polar surface area (TPSA) is 29.5 Å². The Kier molecular flexibility index (Phi) is 3.22. The molecule has 1 aliphatic heterocycles. The number of hydrogen-bond donors (Lipinski definition) is 1. The van der Waals surface area contributed by atoms with Crippen LogP contribution in [0.25, 0.3) is 0 Å². The molecule has 3 heteroatoms. The van der Waals surface area contributed by atoms with Crippen LogP contribution in [0.2, 0.25) is 0 Å². The van der Waals surface area contributed by atoms with E-state index >= 15 is 0 Å². The van der Waals surface area contributed by atoms with Crippen LogP contribution in [0.1, 0.15) is 18.4 Å². The van der Waals surface area contributed by atoms with Gasteiger partial charge in [0.15, 0.2) is 0 Å². The average Bonchev–Trinajstić information content (AvgIpc) is 2.30. The Morgan fingerprint density at radius 1 is 1.47 bits per heavy atom. The van der Waals surface area contributed by atoms with Crippen LogP contribution in [0, 0.1) is 0 Å². The van der Waals surface area contributed by atoms with Crippen LogP contribution in [0.5, 0.6) is 5.75 Å². The minimum Gasteiger partial charge on any atom is -0.493 e. The first-order valence-corrected chi connectivity index (χ1v) is 6.43. The molecule has 1 atom stereocenters. The SMILES string of the molecule is CSC1(CCO)CCOc2ccccc21. The monoisotopic (exact) mass is 224 g/mol. The predicted octanol–water partition coefficient (Wildman–Crippen LogP) is 2.41. The van der Waals surface area contributed by atoms with Crippen LogP contribution < -0.4 is 4.74 Å². The molecule has 1 unspecified atom stereocenters. The normalized spacial score (nSPS) is 24.4. The van der Waals surface area contributed by atoms with E-state index < -0.39 is 0 Å². The van der Waals surface area contributed by atoms with Crippen molar-refractivity contribution in [3.63, 3.8) is 0 Å². The highest BCUT2D eigenvalue weighted by Crippen LogP contribution is 2.47. The van der Waals surface area contributed by atoms with Gasteiger partial charge in [-0.1, -0.05) is 18.2 Å². The molecule has 1 N–H and O–H groups in total. The Labute approximate surface area is 94.6 Å². The third-order valence-corrected chi connectivity index (χ3v) is 4.46. The zero-order valence-electron chi connectivity index (χ0n) is 8.90. The average molecular weight is 224 g/mol. The largest absolute Gasteiger partial charge is 0.493 e. The highest BCUT2D eigenvalue weighted by atomic mass is 32.2. The third kappa shape index (κ3) is 1.86. The van der Waals surface area contributed by atoms with E-state index in [0.717, 1.165) is 25.2 Å². The zero-order valence-corrected chi connectivity index (χ0v) is 9.72. The maximum absolute atomic E-state index is 9.19. The number of aliphatic hydroxyl groups is 1. The summed E-state index contributed by atoms with van der Waals surface area (Å²) >= 11 is 1.82. The number of benzene rings is 1. The Hall–Kier alpha value is -0.670. The van der Waals surface area contributed by atoms with Gasteiger partial charge >= 0.3 is 0 Å². The van der Waals surface area contributed by atoms with Crippen molar-refractivity contribution in [3.8, 4) is 5.75 Å². The molecule has 15 heavy (non-hydrogen) atoms. The van der Waals surface area contributed by atoms with Crippen LogP contribution >= 0.6 is 11.8 Å². The van der Waals surface area contributed by atoms with E-state index in [9.17, 15) is 5.11 Å². The molecule has 1 heterocycles. The van der Waals surface area contributed by atoms with Gasteiger partial charge in [0.2, 0.25) is 0 Å². The summed E-state index contributed by atoms with van der Waals surface area (Å²) in [6, 6.07) is 8.15. The van der Waals surface area contributed by atoms with Crippen molar-refractivity contribution in [2.75, 3.05) is 19.5 Å². The summed E-state index contributed by atoms with van der Waals surface area (Å²) in [7, 11) is 0. The van der Waals surface area contributed by atoms with E-state index in [-0.39, 0.29) is 11.4 Å².